The molecule has 27 heavy (non-hydrogen) atoms. The van der Waals surface area contributed by atoms with Crippen LogP contribution in [0.1, 0.15) is 15.9 Å². The number of ether oxygens (including phenoxy) is 3. The van der Waals surface area contributed by atoms with Crippen LogP contribution in [0.25, 0.3) is 0 Å². The second kappa shape index (κ2) is 9.68. The van der Waals surface area contributed by atoms with Gasteiger partial charge in [0.05, 0.1) is 14.2 Å². The van der Waals surface area contributed by atoms with Crippen molar-refractivity contribution in [2.24, 2.45) is 0 Å². The lowest BCUT2D eigenvalue weighted by Crippen LogP contribution is -2.30. The van der Waals surface area contributed by atoms with Gasteiger partial charge in [-0.05, 0) is 42.3 Å². The maximum atomic E-state index is 11.9. The summed E-state index contributed by atoms with van der Waals surface area (Å²) < 4.78 is 15.3. The summed E-state index contributed by atoms with van der Waals surface area (Å²) in [5.74, 6) is -0.321. The molecule has 2 N–H and O–H groups in total. The van der Waals surface area contributed by atoms with Gasteiger partial charge in [0.25, 0.3) is 5.91 Å². The number of phenols is 1. The molecule has 0 aliphatic heterocycles. The molecule has 0 fully saturated rings. The molecule has 0 radical (unpaired) electrons. The van der Waals surface area contributed by atoms with Crippen molar-refractivity contribution in [3.63, 3.8) is 0 Å². The number of methoxy groups -OCH3 is 2. The van der Waals surface area contributed by atoms with E-state index >= 15 is 0 Å². The number of phenolic OH excluding ortho intramolecular Hbond substituents is 1. The molecule has 0 spiro atoms. The van der Waals surface area contributed by atoms with Gasteiger partial charge in [0.15, 0.2) is 18.1 Å². The van der Waals surface area contributed by atoms with Crippen LogP contribution in [0.4, 0.5) is 0 Å². The first-order valence-corrected chi connectivity index (χ1v) is 8.45. The minimum absolute atomic E-state index is 0.0578. The molecule has 0 saturated heterocycles. The predicted molar refractivity (Wildman–Crippen MR) is 99.7 cm³/mol. The molecule has 1 amide bonds. The van der Waals surface area contributed by atoms with Gasteiger partial charge >= 0.3 is 5.97 Å². The van der Waals surface area contributed by atoms with E-state index in [1.165, 1.54) is 18.2 Å². The summed E-state index contributed by atoms with van der Waals surface area (Å²) in [6.07, 6.45) is 0.567. The summed E-state index contributed by atoms with van der Waals surface area (Å²) >= 11 is 5.70. The maximum Gasteiger partial charge on any atom is 0.342 e. The Hall–Kier alpha value is -2.93. The zero-order chi connectivity index (χ0) is 19.8. The van der Waals surface area contributed by atoms with Crippen molar-refractivity contribution in [3.8, 4) is 17.2 Å². The highest BCUT2D eigenvalue weighted by molar-refractivity contribution is 6.30. The molecule has 2 rings (SSSR count). The number of hydrogen-bond acceptors (Lipinski definition) is 6. The monoisotopic (exact) mass is 393 g/mol. The Balaban J connectivity index is 1.78. The van der Waals surface area contributed by atoms with E-state index in [0.29, 0.717) is 24.5 Å². The molecular weight excluding hydrogens is 374 g/mol. The van der Waals surface area contributed by atoms with Crippen LogP contribution in [-0.2, 0) is 16.0 Å². The van der Waals surface area contributed by atoms with Gasteiger partial charge in [-0.25, -0.2) is 4.79 Å². The van der Waals surface area contributed by atoms with Crippen LogP contribution in [0.3, 0.4) is 0 Å². The maximum absolute atomic E-state index is 11.9. The van der Waals surface area contributed by atoms with Crippen LogP contribution < -0.4 is 14.8 Å². The Morgan fingerprint density at radius 1 is 1.07 bits per heavy atom. The molecule has 8 heteroatoms. The fraction of sp³-hybridized carbons (Fsp3) is 0.263. The smallest absolute Gasteiger partial charge is 0.342 e. The third-order valence-electron chi connectivity index (χ3n) is 3.70. The molecule has 144 valence electrons. The van der Waals surface area contributed by atoms with Crippen molar-refractivity contribution in [1.82, 2.24) is 5.32 Å². The Kier molecular flexibility index (Phi) is 7.31. The van der Waals surface area contributed by atoms with Crippen molar-refractivity contribution in [1.29, 1.82) is 0 Å². The highest BCUT2D eigenvalue weighted by atomic mass is 35.5. The highest BCUT2D eigenvalue weighted by Gasteiger charge is 2.14. The second-order valence-corrected chi connectivity index (χ2v) is 5.96. The largest absolute Gasteiger partial charge is 0.507 e. The molecule has 7 nitrogen and oxygen atoms in total. The zero-order valence-corrected chi connectivity index (χ0v) is 15.7. The number of rotatable bonds is 8. The van der Waals surface area contributed by atoms with Crippen molar-refractivity contribution in [3.05, 3.63) is 52.5 Å². The molecule has 0 aromatic heterocycles. The molecule has 0 heterocycles. The zero-order valence-electron chi connectivity index (χ0n) is 15.0. The first-order chi connectivity index (χ1) is 12.9. The normalized spacial score (nSPS) is 10.2. The third kappa shape index (κ3) is 5.79. The Labute approximate surface area is 161 Å². The minimum atomic E-state index is -0.806. The van der Waals surface area contributed by atoms with E-state index in [0.717, 1.165) is 5.56 Å². The van der Waals surface area contributed by atoms with Crippen LogP contribution in [0.5, 0.6) is 17.2 Å². The molecule has 0 saturated carbocycles. The summed E-state index contributed by atoms with van der Waals surface area (Å²) in [6.45, 7) is -0.0924. The summed E-state index contributed by atoms with van der Waals surface area (Å²) in [5.41, 5.74) is 0.897. The molecular formula is C19H20ClNO6. The summed E-state index contributed by atoms with van der Waals surface area (Å²) in [5, 5.41) is 12.6. The lowest BCUT2D eigenvalue weighted by Gasteiger charge is -2.10. The van der Waals surface area contributed by atoms with Crippen LogP contribution in [0.2, 0.25) is 5.02 Å². The molecule has 2 aromatic carbocycles. The average Bonchev–Trinajstić information content (AvgIpc) is 2.66. The molecule has 0 unspecified atom stereocenters. The van der Waals surface area contributed by atoms with Crippen molar-refractivity contribution < 1.29 is 28.9 Å². The van der Waals surface area contributed by atoms with Gasteiger partial charge in [0.2, 0.25) is 0 Å². The van der Waals surface area contributed by atoms with E-state index in [9.17, 15) is 14.7 Å². The topological polar surface area (TPSA) is 94.1 Å². The molecule has 2 aromatic rings. The van der Waals surface area contributed by atoms with E-state index in [1.54, 1.807) is 20.3 Å². The van der Waals surface area contributed by atoms with E-state index in [1.807, 2.05) is 12.1 Å². The predicted octanol–water partition coefficient (Wildman–Crippen LogP) is 2.58. The molecule has 0 aliphatic carbocycles. The minimum Gasteiger partial charge on any atom is -0.507 e. The van der Waals surface area contributed by atoms with Gasteiger partial charge in [-0.2, -0.15) is 0 Å². The van der Waals surface area contributed by atoms with Crippen LogP contribution in [-0.4, -0.2) is 44.4 Å². The number of hydrogen-bond donors (Lipinski definition) is 2. The summed E-state index contributed by atoms with van der Waals surface area (Å²) in [4.78, 5) is 23.7. The number of aromatic hydroxyl groups is 1. The van der Waals surface area contributed by atoms with E-state index in [2.05, 4.69) is 5.32 Å². The van der Waals surface area contributed by atoms with Crippen LogP contribution in [0, 0.1) is 0 Å². The quantitative estimate of drug-likeness (QED) is 0.669. The van der Waals surface area contributed by atoms with E-state index < -0.39 is 18.5 Å². The Morgan fingerprint density at radius 3 is 2.48 bits per heavy atom. The van der Waals surface area contributed by atoms with E-state index in [-0.39, 0.29) is 16.3 Å². The number of carbonyl (C=O) groups excluding carboxylic acids is 2. The fourth-order valence-electron chi connectivity index (χ4n) is 2.32. The SMILES string of the molecule is COc1ccc(CCNC(=O)COC(=O)c2ccc(Cl)cc2O)cc1OC. The molecule has 0 bridgehead atoms. The van der Waals surface area contributed by atoms with Crippen LogP contribution >= 0.6 is 11.6 Å². The van der Waals surface area contributed by atoms with Crippen LogP contribution in [0.15, 0.2) is 36.4 Å². The lowest BCUT2D eigenvalue weighted by molar-refractivity contribution is -0.124. The molecule has 0 atom stereocenters. The first kappa shape index (κ1) is 20.4. The Bertz CT molecular complexity index is 824. The second-order valence-electron chi connectivity index (χ2n) is 5.53. The van der Waals surface area contributed by atoms with E-state index in [4.69, 9.17) is 25.8 Å². The average molecular weight is 394 g/mol. The fourth-order valence-corrected chi connectivity index (χ4v) is 2.49. The number of benzene rings is 2. The van der Waals surface area contributed by atoms with Gasteiger partial charge < -0.3 is 24.6 Å². The molecule has 0 aliphatic rings. The number of halogens is 1. The third-order valence-corrected chi connectivity index (χ3v) is 3.93. The highest BCUT2D eigenvalue weighted by Crippen LogP contribution is 2.27. The first-order valence-electron chi connectivity index (χ1n) is 8.08. The van der Waals surface area contributed by atoms with Gasteiger partial charge in [-0.1, -0.05) is 17.7 Å². The van der Waals surface area contributed by atoms with Gasteiger partial charge in [0.1, 0.15) is 11.3 Å². The van der Waals surface area contributed by atoms with Gasteiger partial charge in [-0.3, -0.25) is 4.79 Å². The number of carbonyl (C=O) groups is 2. The Morgan fingerprint density at radius 2 is 1.81 bits per heavy atom. The number of amides is 1. The van der Waals surface area contributed by atoms with Gasteiger partial charge in [0, 0.05) is 11.6 Å². The van der Waals surface area contributed by atoms with Gasteiger partial charge in [-0.15, -0.1) is 0 Å². The van der Waals surface area contributed by atoms with Crippen molar-refractivity contribution in [2.75, 3.05) is 27.4 Å². The van der Waals surface area contributed by atoms with Crippen molar-refractivity contribution >= 4 is 23.5 Å². The number of esters is 1. The summed E-state index contributed by atoms with van der Waals surface area (Å²) in [7, 11) is 3.11. The number of nitrogens with one attached hydrogen (secondary N) is 1. The summed E-state index contributed by atoms with van der Waals surface area (Å²) in [6, 6.07) is 9.49. The lowest BCUT2D eigenvalue weighted by atomic mass is 10.1. The van der Waals surface area contributed by atoms with Crippen molar-refractivity contribution in [2.45, 2.75) is 6.42 Å². The standard InChI is InChI=1S/C19H20ClNO6/c1-25-16-6-3-12(9-17(16)26-2)7-8-21-18(23)11-27-19(24)14-5-4-13(20)10-15(14)22/h3-6,9-10,22H,7-8,11H2,1-2H3,(H,21,23).